The Bertz CT molecular complexity index is 925. The largest absolute Gasteiger partial charge is 0.334 e. The van der Waals surface area contributed by atoms with E-state index in [0.29, 0.717) is 31.1 Å². The second kappa shape index (κ2) is 9.73. The fraction of sp³-hybridized carbons (Fsp3) is 0.381. The summed E-state index contributed by atoms with van der Waals surface area (Å²) in [6.07, 6.45) is 2.91. The fourth-order valence-corrected chi connectivity index (χ4v) is 5.06. The molecule has 1 heterocycles. The summed E-state index contributed by atoms with van der Waals surface area (Å²) in [5, 5.41) is 2.87. The summed E-state index contributed by atoms with van der Waals surface area (Å²) in [6, 6.07) is 14.4. The van der Waals surface area contributed by atoms with Gasteiger partial charge in [-0.25, -0.2) is 13.2 Å². The zero-order valence-corrected chi connectivity index (χ0v) is 18.9. The Morgan fingerprint density at radius 1 is 1.00 bits per heavy atom. The van der Waals surface area contributed by atoms with Crippen LogP contribution in [0.5, 0.6) is 0 Å². The van der Waals surface area contributed by atoms with E-state index >= 15 is 0 Å². The lowest BCUT2D eigenvalue weighted by Gasteiger charge is -2.25. The highest BCUT2D eigenvalue weighted by Gasteiger charge is 2.25. The topological polar surface area (TPSA) is 69.7 Å². The molecule has 6 nitrogen and oxygen atoms in total. The fourth-order valence-electron chi connectivity index (χ4n) is 3.28. The maximum atomic E-state index is 12.7. The first kappa shape index (κ1) is 21.8. The molecule has 1 N–H and O–H groups in total. The monoisotopic (exact) mass is 479 g/mol. The molecule has 0 aromatic heterocycles. The SMILES string of the molecule is CN(Cc1ccc(Br)cc1)C(=O)NCc1ccc(S(=O)(=O)N2CCCCC2)cc1. The van der Waals surface area contributed by atoms with Crippen molar-refractivity contribution in [1.82, 2.24) is 14.5 Å². The minimum absolute atomic E-state index is 0.182. The Labute approximate surface area is 181 Å². The van der Waals surface area contributed by atoms with Gasteiger partial charge in [-0.3, -0.25) is 0 Å². The number of nitrogens with zero attached hydrogens (tertiary/aromatic N) is 2. The molecule has 0 aliphatic carbocycles. The van der Waals surface area contributed by atoms with Crippen molar-refractivity contribution >= 4 is 32.0 Å². The van der Waals surface area contributed by atoms with Crippen LogP contribution in [0.2, 0.25) is 0 Å². The molecule has 156 valence electrons. The van der Waals surface area contributed by atoms with E-state index < -0.39 is 10.0 Å². The highest BCUT2D eigenvalue weighted by atomic mass is 79.9. The number of carbonyl (C=O) groups excluding carboxylic acids is 1. The van der Waals surface area contributed by atoms with Crippen molar-refractivity contribution in [2.75, 3.05) is 20.1 Å². The van der Waals surface area contributed by atoms with Crippen LogP contribution in [0.15, 0.2) is 57.9 Å². The van der Waals surface area contributed by atoms with Gasteiger partial charge in [0.15, 0.2) is 0 Å². The molecule has 1 aliphatic heterocycles. The van der Waals surface area contributed by atoms with E-state index in [9.17, 15) is 13.2 Å². The van der Waals surface area contributed by atoms with Crippen LogP contribution in [0, 0.1) is 0 Å². The molecule has 1 aliphatic rings. The Balaban J connectivity index is 1.54. The van der Waals surface area contributed by atoms with E-state index in [0.717, 1.165) is 34.9 Å². The van der Waals surface area contributed by atoms with Crippen molar-refractivity contribution in [2.24, 2.45) is 0 Å². The first-order chi connectivity index (χ1) is 13.9. The molecule has 0 saturated carbocycles. The lowest BCUT2D eigenvalue weighted by atomic mass is 10.2. The van der Waals surface area contributed by atoms with Crippen molar-refractivity contribution in [1.29, 1.82) is 0 Å². The molecule has 0 atom stereocenters. The number of hydrogen-bond donors (Lipinski definition) is 1. The number of rotatable bonds is 6. The number of hydrogen-bond acceptors (Lipinski definition) is 3. The number of amides is 2. The van der Waals surface area contributed by atoms with Gasteiger partial charge in [0, 0.05) is 37.7 Å². The minimum atomic E-state index is -3.43. The number of halogens is 1. The first-order valence-electron chi connectivity index (χ1n) is 9.69. The van der Waals surface area contributed by atoms with Crippen molar-refractivity contribution < 1.29 is 13.2 Å². The Kier molecular flexibility index (Phi) is 7.32. The van der Waals surface area contributed by atoms with Crippen LogP contribution in [-0.2, 0) is 23.1 Å². The maximum absolute atomic E-state index is 12.7. The van der Waals surface area contributed by atoms with E-state index in [1.54, 1.807) is 40.5 Å². The number of benzene rings is 2. The van der Waals surface area contributed by atoms with Gasteiger partial charge in [0.2, 0.25) is 10.0 Å². The predicted octanol–water partition coefficient (Wildman–Crippen LogP) is 3.97. The number of piperidine rings is 1. The van der Waals surface area contributed by atoms with E-state index in [1.165, 1.54) is 0 Å². The molecule has 2 aromatic rings. The van der Waals surface area contributed by atoms with Crippen LogP contribution in [-0.4, -0.2) is 43.8 Å². The van der Waals surface area contributed by atoms with Gasteiger partial charge in [-0.2, -0.15) is 4.31 Å². The van der Waals surface area contributed by atoms with Gasteiger partial charge in [-0.05, 0) is 48.2 Å². The first-order valence-corrected chi connectivity index (χ1v) is 11.9. The molecule has 0 spiro atoms. The van der Waals surface area contributed by atoms with Crippen molar-refractivity contribution in [3.8, 4) is 0 Å². The smallest absolute Gasteiger partial charge is 0.317 e. The van der Waals surface area contributed by atoms with Gasteiger partial charge in [-0.15, -0.1) is 0 Å². The molecule has 1 saturated heterocycles. The molecule has 2 amide bonds. The van der Waals surface area contributed by atoms with Crippen molar-refractivity contribution in [3.05, 3.63) is 64.1 Å². The summed E-state index contributed by atoms with van der Waals surface area (Å²) in [5.74, 6) is 0. The molecule has 8 heteroatoms. The molecule has 0 bridgehead atoms. The third kappa shape index (κ3) is 5.81. The van der Waals surface area contributed by atoms with E-state index in [2.05, 4.69) is 21.2 Å². The zero-order chi connectivity index (χ0) is 20.9. The number of nitrogens with one attached hydrogen (secondary N) is 1. The third-order valence-electron chi connectivity index (χ3n) is 5.00. The summed E-state index contributed by atoms with van der Waals surface area (Å²) in [7, 11) is -1.69. The van der Waals surface area contributed by atoms with Crippen LogP contribution in [0.1, 0.15) is 30.4 Å². The summed E-state index contributed by atoms with van der Waals surface area (Å²) in [6.45, 7) is 2.02. The quantitative estimate of drug-likeness (QED) is 0.681. The van der Waals surface area contributed by atoms with Crippen LogP contribution in [0.4, 0.5) is 4.79 Å². The molecular formula is C21H26BrN3O3S. The predicted molar refractivity (Wildman–Crippen MR) is 117 cm³/mol. The van der Waals surface area contributed by atoms with Gasteiger partial charge < -0.3 is 10.2 Å². The van der Waals surface area contributed by atoms with Gasteiger partial charge in [0.25, 0.3) is 0 Å². The van der Waals surface area contributed by atoms with Gasteiger partial charge in [0.05, 0.1) is 4.90 Å². The van der Waals surface area contributed by atoms with E-state index in [4.69, 9.17) is 0 Å². The average Bonchev–Trinajstić information content (AvgIpc) is 2.74. The molecule has 29 heavy (non-hydrogen) atoms. The maximum Gasteiger partial charge on any atom is 0.317 e. The van der Waals surface area contributed by atoms with Gasteiger partial charge >= 0.3 is 6.03 Å². The number of urea groups is 1. The summed E-state index contributed by atoms with van der Waals surface area (Å²) in [5.41, 5.74) is 1.89. The summed E-state index contributed by atoms with van der Waals surface area (Å²) >= 11 is 3.40. The van der Waals surface area contributed by atoms with Gasteiger partial charge in [-0.1, -0.05) is 46.6 Å². The Hall–Kier alpha value is -1.90. The number of carbonyl (C=O) groups is 1. The lowest BCUT2D eigenvalue weighted by Crippen LogP contribution is -2.36. The second-order valence-corrected chi connectivity index (χ2v) is 10.1. The Morgan fingerprint density at radius 2 is 1.59 bits per heavy atom. The second-order valence-electron chi connectivity index (χ2n) is 7.25. The normalized spacial score (nSPS) is 15.1. The minimum Gasteiger partial charge on any atom is -0.334 e. The molecular weight excluding hydrogens is 454 g/mol. The molecule has 1 fully saturated rings. The third-order valence-corrected chi connectivity index (χ3v) is 7.44. The van der Waals surface area contributed by atoms with E-state index in [1.807, 2.05) is 24.3 Å². The highest BCUT2D eigenvalue weighted by molar-refractivity contribution is 9.10. The van der Waals surface area contributed by atoms with Gasteiger partial charge in [0.1, 0.15) is 0 Å². The zero-order valence-electron chi connectivity index (χ0n) is 16.5. The highest BCUT2D eigenvalue weighted by Crippen LogP contribution is 2.21. The Morgan fingerprint density at radius 3 is 2.21 bits per heavy atom. The average molecular weight is 480 g/mol. The van der Waals surface area contributed by atoms with E-state index in [-0.39, 0.29) is 6.03 Å². The molecule has 0 unspecified atom stereocenters. The van der Waals surface area contributed by atoms with Crippen molar-refractivity contribution in [3.63, 3.8) is 0 Å². The van der Waals surface area contributed by atoms with Crippen LogP contribution < -0.4 is 5.32 Å². The van der Waals surface area contributed by atoms with Crippen molar-refractivity contribution in [2.45, 2.75) is 37.2 Å². The standard InChI is InChI=1S/C21H26BrN3O3S/c1-24(16-18-5-9-19(22)10-6-18)21(26)23-15-17-7-11-20(12-8-17)29(27,28)25-13-3-2-4-14-25/h5-12H,2-4,13-16H2,1H3,(H,23,26). The number of sulfonamides is 1. The van der Waals surface area contributed by atoms with Crippen LogP contribution in [0.3, 0.4) is 0 Å². The van der Waals surface area contributed by atoms with Crippen LogP contribution >= 0.6 is 15.9 Å². The summed E-state index contributed by atoms with van der Waals surface area (Å²) in [4.78, 5) is 14.2. The lowest BCUT2D eigenvalue weighted by molar-refractivity contribution is 0.206. The summed E-state index contributed by atoms with van der Waals surface area (Å²) < 4.78 is 27.9. The molecule has 2 aromatic carbocycles. The molecule has 3 rings (SSSR count). The molecule has 0 radical (unpaired) electrons. The van der Waals surface area contributed by atoms with Crippen LogP contribution in [0.25, 0.3) is 0 Å².